The molecule has 0 fully saturated rings. The Morgan fingerprint density at radius 1 is 1.40 bits per heavy atom. The summed E-state index contributed by atoms with van der Waals surface area (Å²) in [6.07, 6.45) is 2.48. The third kappa shape index (κ3) is 8.03. The van der Waals surface area contributed by atoms with Crippen LogP contribution in [-0.4, -0.2) is 31.5 Å². The molecule has 0 aliphatic heterocycles. The molecule has 0 spiro atoms. The van der Waals surface area contributed by atoms with Crippen molar-refractivity contribution < 1.29 is 9.21 Å². The van der Waals surface area contributed by atoms with Crippen molar-refractivity contribution in [3.63, 3.8) is 0 Å². The van der Waals surface area contributed by atoms with Gasteiger partial charge in [0.05, 0.1) is 6.26 Å². The van der Waals surface area contributed by atoms with Crippen molar-refractivity contribution in [1.29, 1.82) is 0 Å². The number of rotatable bonds is 7. The van der Waals surface area contributed by atoms with Gasteiger partial charge < -0.3 is 20.8 Å². The Balaban J connectivity index is 0.00000361. The molecule has 0 bridgehead atoms. The molecule has 1 rings (SSSR count). The number of hydrogen-bond acceptors (Lipinski definition) is 3. The van der Waals surface area contributed by atoms with E-state index in [2.05, 4.69) is 29.5 Å². The number of aliphatic imine (C=N–C) groups is 1. The van der Waals surface area contributed by atoms with Gasteiger partial charge in [-0.15, -0.1) is 24.0 Å². The molecule has 0 saturated carbocycles. The highest BCUT2D eigenvalue weighted by Gasteiger charge is 2.06. The van der Waals surface area contributed by atoms with E-state index in [0.29, 0.717) is 30.7 Å². The lowest BCUT2D eigenvalue weighted by Gasteiger charge is -2.07. The minimum atomic E-state index is -0.234. The second-order valence-corrected chi connectivity index (χ2v) is 4.61. The predicted octanol–water partition coefficient (Wildman–Crippen LogP) is 1.58. The molecule has 1 amide bonds. The maximum Gasteiger partial charge on any atom is 0.287 e. The topological polar surface area (TPSA) is 92.6 Å². The number of carbonyl (C=O) groups is 1. The summed E-state index contributed by atoms with van der Waals surface area (Å²) in [6.45, 7) is 5.99. The van der Waals surface area contributed by atoms with E-state index in [1.54, 1.807) is 12.1 Å². The zero-order valence-electron chi connectivity index (χ0n) is 11.9. The van der Waals surface area contributed by atoms with Gasteiger partial charge in [0.1, 0.15) is 0 Å². The van der Waals surface area contributed by atoms with E-state index in [0.717, 1.165) is 13.0 Å². The fraction of sp³-hybridized carbons (Fsp3) is 0.538. The van der Waals surface area contributed by atoms with Crippen LogP contribution in [0.4, 0.5) is 0 Å². The summed E-state index contributed by atoms with van der Waals surface area (Å²) in [5, 5.41) is 5.65. The fourth-order valence-corrected chi connectivity index (χ4v) is 1.36. The lowest BCUT2D eigenvalue weighted by atomic mass is 10.1. The van der Waals surface area contributed by atoms with E-state index in [1.165, 1.54) is 6.26 Å². The van der Waals surface area contributed by atoms with Crippen molar-refractivity contribution in [2.75, 3.05) is 19.6 Å². The van der Waals surface area contributed by atoms with Crippen LogP contribution in [-0.2, 0) is 0 Å². The highest BCUT2D eigenvalue weighted by molar-refractivity contribution is 14.0. The molecule has 0 saturated heterocycles. The normalized spacial score (nSPS) is 11.1. The second-order valence-electron chi connectivity index (χ2n) is 4.61. The number of nitrogens with two attached hydrogens (primary N) is 1. The number of amides is 1. The Hall–Kier alpha value is -1.25. The Morgan fingerprint density at radius 2 is 2.10 bits per heavy atom. The van der Waals surface area contributed by atoms with E-state index in [9.17, 15) is 4.79 Å². The molecule has 20 heavy (non-hydrogen) atoms. The lowest BCUT2D eigenvalue weighted by molar-refractivity contribution is 0.0926. The van der Waals surface area contributed by atoms with Gasteiger partial charge in [0.2, 0.25) is 0 Å². The zero-order chi connectivity index (χ0) is 14.1. The molecule has 1 heterocycles. The summed E-state index contributed by atoms with van der Waals surface area (Å²) in [4.78, 5) is 15.7. The Kier molecular flexibility index (Phi) is 9.87. The molecule has 4 N–H and O–H groups in total. The van der Waals surface area contributed by atoms with E-state index in [-0.39, 0.29) is 29.9 Å². The molecule has 114 valence electrons. The predicted molar refractivity (Wildman–Crippen MR) is 90.4 cm³/mol. The van der Waals surface area contributed by atoms with E-state index < -0.39 is 0 Å². The van der Waals surface area contributed by atoms with Crippen LogP contribution in [0.3, 0.4) is 0 Å². The van der Waals surface area contributed by atoms with E-state index >= 15 is 0 Å². The van der Waals surface area contributed by atoms with Gasteiger partial charge in [-0.05, 0) is 24.5 Å². The summed E-state index contributed by atoms with van der Waals surface area (Å²) in [6, 6.07) is 3.29. The number of nitrogens with zero attached hydrogens (tertiary/aromatic N) is 1. The number of hydrogen-bond donors (Lipinski definition) is 3. The van der Waals surface area contributed by atoms with Gasteiger partial charge in [0, 0.05) is 19.6 Å². The first kappa shape index (κ1) is 18.8. The standard InChI is InChI=1S/C13H22N4O2.HI/c1-10(2)5-6-16-13(14)17-8-7-15-12(18)11-4-3-9-19-11;/h3-4,9-10H,5-8H2,1-2H3,(H,15,18)(H3,14,16,17);1H. The summed E-state index contributed by atoms with van der Waals surface area (Å²) >= 11 is 0. The van der Waals surface area contributed by atoms with Gasteiger partial charge in [-0.2, -0.15) is 0 Å². The molecule has 0 radical (unpaired) electrons. The number of furan rings is 1. The molecular weight excluding hydrogens is 371 g/mol. The molecular formula is C13H23IN4O2. The van der Waals surface area contributed by atoms with Gasteiger partial charge in [-0.25, -0.2) is 0 Å². The van der Waals surface area contributed by atoms with Crippen LogP contribution in [0.1, 0.15) is 30.8 Å². The fourth-order valence-electron chi connectivity index (χ4n) is 1.36. The Labute approximate surface area is 136 Å². The van der Waals surface area contributed by atoms with Crippen LogP contribution in [0.15, 0.2) is 27.8 Å². The van der Waals surface area contributed by atoms with Crippen LogP contribution in [0.25, 0.3) is 0 Å². The Morgan fingerprint density at radius 3 is 2.70 bits per heavy atom. The average molecular weight is 394 g/mol. The monoisotopic (exact) mass is 394 g/mol. The molecule has 0 unspecified atom stereocenters. The van der Waals surface area contributed by atoms with Crippen molar-refractivity contribution >= 4 is 35.8 Å². The first-order valence-electron chi connectivity index (χ1n) is 6.45. The zero-order valence-corrected chi connectivity index (χ0v) is 14.2. The van der Waals surface area contributed by atoms with Gasteiger partial charge in [-0.3, -0.25) is 9.79 Å². The van der Waals surface area contributed by atoms with Gasteiger partial charge >= 0.3 is 0 Å². The SMILES string of the molecule is CC(C)CCN=C(N)NCCNC(=O)c1ccco1.I. The largest absolute Gasteiger partial charge is 0.459 e. The lowest BCUT2D eigenvalue weighted by Crippen LogP contribution is -2.38. The minimum Gasteiger partial charge on any atom is -0.459 e. The van der Waals surface area contributed by atoms with Crippen LogP contribution >= 0.6 is 24.0 Å². The summed E-state index contributed by atoms with van der Waals surface area (Å²) in [7, 11) is 0. The van der Waals surface area contributed by atoms with E-state index in [4.69, 9.17) is 10.2 Å². The molecule has 7 heteroatoms. The summed E-state index contributed by atoms with van der Waals surface area (Å²) < 4.78 is 4.97. The number of carbonyl (C=O) groups excluding carboxylic acids is 1. The van der Waals surface area contributed by atoms with Crippen molar-refractivity contribution in [3.05, 3.63) is 24.2 Å². The van der Waals surface area contributed by atoms with Crippen LogP contribution in [0, 0.1) is 5.92 Å². The highest BCUT2D eigenvalue weighted by atomic mass is 127. The van der Waals surface area contributed by atoms with Crippen LogP contribution < -0.4 is 16.4 Å². The quantitative estimate of drug-likeness (QED) is 0.283. The van der Waals surface area contributed by atoms with Crippen molar-refractivity contribution in [2.45, 2.75) is 20.3 Å². The molecule has 0 aliphatic rings. The van der Waals surface area contributed by atoms with Crippen molar-refractivity contribution in [2.24, 2.45) is 16.6 Å². The molecule has 0 aliphatic carbocycles. The third-order valence-electron chi connectivity index (χ3n) is 2.45. The number of guanidine groups is 1. The molecule has 0 aromatic carbocycles. The van der Waals surface area contributed by atoms with Crippen molar-refractivity contribution in [1.82, 2.24) is 10.6 Å². The second kappa shape index (κ2) is 10.5. The average Bonchev–Trinajstić information content (AvgIpc) is 2.87. The van der Waals surface area contributed by atoms with Gasteiger partial charge in [0.15, 0.2) is 11.7 Å². The smallest absolute Gasteiger partial charge is 0.287 e. The van der Waals surface area contributed by atoms with Crippen LogP contribution in [0.5, 0.6) is 0 Å². The van der Waals surface area contributed by atoms with Crippen molar-refractivity contribution in [3.8, 4) is 0 Å². The van der Waals surface area contributed by atoms with Crippen LogP contribution in [0.2, 0.25) is 0 Å². The Bertz CT molecular complexity index is 405. The number of nitrogens with one attached hydrogen (secondary N) is 2. The molecule has 1 aromatic rings. The number of halogens is 1. The maximum absolute atomic E-state index is 11.5. The minimum absolute atomic E-state index is 0. The molecule has 0 atom stereocenters. The first-order chi connectivity index (χ1) is 9.09. The third-order valence-corrected chi connectivity index (χ3v) is 2.45. The van der Waals surface area contributed by atoms with Gasteiger partial charge in [-0.1, -0.05) is 13.8 Å². The summed E-state index contributed by atoms with van der Waals surface area (Å²) in [5.41, 5.74) is 5.68. The van der Waals surface area contributed by atoms with E-state index in [1.807, 2.05) is 0 Å². The first-order valence-corrected chi connectivity index (χ1v) is 6.45. The summed E-state index contributed by atoms with van der Waals surface area (Å²) in [5.74, 6) is 1.10. The van der Waals surface area contributed by atoms with Gasteiger partial charge in [0.25, 0.3) is 5.91 Å². The highest BCUT2D eigenvalue weighted by Crippen LogP contribution is 1.98. The molecule has 1 aromatic heterocycles. The molecule has 6 nitrogen and oxygen atoms in total. The maximum atomic E-state index is 11.5.